The quantitative estimate of drug-likeness (QED) is 0.657. The third-order valence-corrected chi connectivity index (χ3v) is 6.59. The van der Waals surface area contributed by atoms with Crippen LogP contribution in [0.2, 0.25) is 0 Å². The molecule has 152 valence electrons. The average Bonchev–Trinajstić information content (AvgIpc) is 3.28. The van der Waals surface area contributed by atoms with Crippen molar-refractivity contribution in [1.82, 2.24) is 15.6 Å². The molecule has 2 N–H and O–H groups in total. The molecule has 0 spiro atoms. The number of allylic oxidation sites excluding steroid dienone is 1. The Morgan fingerprint density at radius 3 is 2.79 bits per heavy atom. The summed E-state index contributed by atoms with van der Waals surface area (Å²) >= 11 is 4.91. The van der Waals surface area contributed by atoms with E-state index in [2.05, 4.69) is 31.5 Å². The Morgan fingerprint density at radius 1 is 1.34 bits per heavy atom. The van der Waals surface area contributed by atoms with Gasteiger partial charge in [0.1, 0.15) is 11.9 Å². The van der Waals surface area contributed by atoms with Crippen LogP contribution in [-0.4, -0.2) is 37.0 Å². The number of carbonyl (C=O) groups excluding carboxylic acids is 1. The molecule has 1 saturated heterocycles. The lowest BCUT2D eigenvalue weighted by Gasteiger charge is -2.33. The third-order valence-electron chi connectivity index (χ3n) is 5.12. The third kappa shape index (κ3) is 4.12. The second-order valence-corrected chi connectivity index (χ2v) is 8.60. The van der Waals surface area contributed by atoms with Gasteiger partial charge in [0.15, 0.2) is 10.8 Å². The van der Waals surface area contributed by atoms with Gasteiger partial charge >= 0.3 is 5.97 Å². The number of piperidine rings is 1. The minimum Gasteiger partial charge on any atom is -0.466 e. The molecule has 0 bridgehead atoms. The van der Waals surface area contributed by atoms with Gasteiger partial charge in [0.05, 0.1) is 12.7 Å². The fourth-order valence-electron chi connectivity index (χ4n) is 3.73. The zero-order valence-corrected chi connectivity index (χ0v) is 18.1. The smallest absolute Gasteiger partial charge is 0.338 e. The van der Waals surface area contributed by atoms with Gasteiger partial charge in [-0.05, 0) is 43.6 Å². The van der Waals surface area contributed by atoms with Crippen molar-refractivity contribution in [3.8, 4) is 0 Å². The van der Waals surface area contributed by atoms with Gasteiger partial charge in [-0.3, -0.25) is 4.99 Å². The van der Waals surface area contributed by atoms with Gasteiger partial charge in [0.25, 0.3) is 0 Å². The van der Waals surface area contributed by atoms with Gasteiger partial charge in [-0.15, -0.1) is 11.3 Å². The molecule has 1 aromatic heterocycles. The number of methoxy groups -OCH3 is 1. The summed E-state index contributed by atoms with van der Waals surface area (Å²) in [5.74, 6) is -0.0185. The van der Waals surface area contributed by atoms with Crippen LogP contribution < -0.4 is 10.6 Å². The maximum atomic E-state index is 13.7. The van der Waals surface area contributed by atoms with E-state index in [1.54, 1.807) is 12.3 Å². The molecule has 1 unspecified atom stereocenters. The van der Waals surface area contributed by atoms with Crippen LogP contribution >= 0.6 is 27.3 Å². The number of aliphatic imine (C=N–C) groups is 1. The maximum absolute atomic E-state index is 13.7. The molecule has 29 heavy (non-hydrogen) atoms. The average molecular weight is 479 g/mol. The van der Waals surface area contributed by atoms with Crippen molar-refractivity contribution in [3.05, 3.63) is 61.9 Å². The van der Waals surface area contributed by atoms with Crippen molar-refractivity contribution in [2.75, 3.05) is 20.2 Å². The van der Waals surface area contributed by atoms with E-state index in [4.69, 9.17) is 9.73 Å². The number of nitrogens with one attached hydrogen (secondary N) is 2. The first kappa shape index (κ1) is 20.2. The van der Waals surface area contributed by atoms with Crippen molar-refractivity contribution in [1.29, 1.82) is 0 Å². The summed E-state index contributed by atoms with van der Waals surface area (Å²) < 4.78 is 19.4. The largest absolute Gasteiger partial charge is 0.466 e. The van der Waals surface area contributed by atoms with Crippen LogP contribution in [0.1, 0.15) is 29.5 Å². The Bertz CT molecular complexity index is 971. The SMILES string of the molecule is COC(=O)C1=C(C2CCNCC2)NC(c2nccs2)=NC1c1ccc(F)cc1Br. The maximum Gasteiger partial charge on any atom is 0.338 e. The van der Waals surface area contributed by atoms with Crippen LogP contribution in [0.5, 0.6) is 0 Å². The molecule has 9 heteroatoms. The molecule has 0 radical (unpaired) electrons. The molecule has 3 heterocycles. The van der Waals surface area contributed by atoms with Crippen molar-refractivity contribution in [2.24, 2.45) is 10.9 Å². The molecule has 2 aliphatic heterocycles. The van der Waals surface area contributed by atoms with Gasteiger partial charge in [-0.25, -0.2) is 14.2 Å². The highest BCUT2D eigenvalue weighted by Gasteiger charge is 2.36. The topological polar surface area (TPSA) is 75.6 Å². The Morgan fingerprint density at radius 2 is 2.14 bits per heavy atom. The van der Waals surface area contributed by atoms with Gasteiger partial charge in [-0.2, -0.15) is 0 Å². The van der Waals surface area contributed by atoms with E-state index in [1.807, 2.05) is 5.38 Å². The minimum absolute atomic E-state index is 0.164. The monoisotopic (exact) mass is 478 g/mol. The van der Waals surface area contributed by atoms with Crippen LogP contribution in [0.15, 0.2) is 50.5 Å². The van der Waals surface area contributed by atoms with E-state index in [-0.39, 0.29) is 11.7 Å². The highest BCUT2D eigenvalue weighted by molar-refractivity contribution is 9.10. The number of nitrogens with zero attached hydrogens (tertiary/aromatic N) is 2. The summed E-state index contributed by atoms with van der Waals surface area (Å²) in [5.41, 5.74) is 1.99. The molecular weight excluding hydrogens is 459 g/mol. The molecule has 1 aromatic carbocycles. The number of aromatic nitrogens is 1. The molecule has 6 nitrogen and oxygen atoms in total. The first-order valence-corrected chi connectivity index (χ1v) is 11.0. The number of benzene rings is 1. The summed E-state index contributed by atoms with van der Waals surface area (Å²) in [4.78, 5) is 22.1. The van der Waals surface area contributed by atoms with E-state index < -0.39 is 12.0 Å². The van der Waals surface area contributed by atoms with Crippen LogP contribution in [0.4, 0.5) is 4.39 Å². The van der Waals surface area contributed by atoms with Crippen LogP contribution in [0.25, 0.3) is 0 Å². The first-order chi connectivity index (χ1) is 14.1. The molecule has 0 saturated carbocycles. The van der Waals surface area contributed by atoms with Crippen molar-refractivity contribution < 1.29 is 13.9 Å². The highest BCUT2D eigenvalue weighted by atomic mass is 79.9. The number of carbonyl (C=O) groups is 1. The van der Waals surface area contributed by atoms with Crippen molar-refractivity contribution >= 4 is 39.1 Å². The number of hydrogen-bond donors (Lipinski definition) is 2. The predicted octanol–water partition coefficient (Wildman–Crippen LogP) is 3.56. The fourth-order valence-corrected chi connectivity index (χ4v) is 4.88. The standard InChI is InChI=1S/C20H20BrFN4O2S/c1-28-20(27)15-16(11-4-6-23-7-5-11)25-18(19-24-8-9-29-19)26-17(15)13-3-2-12(22)10-14(13)21/h2-3,8-11,17,23H,4-7H2,1H3,(H,25,26). The normalized spacial score (nSPS) is 20.2. The molecule has 4 rings (SSSR count). The van der Waals surface area contributed by atoms with E-state index in [0.717, 1.165) is 36.6 Å². The number of thiazole rings is 1. The Hall–Kier alpha value is -2.10. The number of hydrogen-bond acceptors (Lipinski definition) is 7. The molecule has 2 aliphatic rings. The molecule has 0 amide bonds. The lowest BCUT2D eigenvalue weighted by molar-refractivity contribution is -0.136. The van der Waals surface area contributed by atoms with E-state index in [9.17, 15) is 9.18 Å². The second kappa shape index (κ2) is 8.73. The van der Waals surface area contributed by atoms with Crippen LogP contribution in [-0.2, 0) is 9.53 Å². The Kier molecular flexibility index (Phi) is 6.07. The Balaban J connectivity index is 1.88. The Labute approximate surface area is 180 Å². The molecule has 2 aromatic rings. The summed E-state index contributed by atoms with van der Waals surface area (Å²) in [6.07, 6.45) is 3.51. The number of ether oxygens (including phenoxy) is 1. The molecule has 0 aliphatic carbocycles. The number of halogens is 2. The second-order valence-electron chi connectivity index (χ2n) is 6.85. The van der Waals surface area contributed by atoms with Crippen molar-refractivity contribution in [3.63, 3.8) is 0 Å². The molecular formula is C20H20BrFN4O2S. The number of esters is 1. The van der Waals surface area contributed by atoms with Gasteiger partial charge < -0.3 is 15.4 Å². The lowest BCUT2D eigenvalue weighted by Crippen LogP contribution is -2.40. The fraction of sp³-hybridized carbons (Fsp3) is 0.350. The zero-order valence-electron chi connectivity index (χ0n) is 15.7. The summed E-state index contributed by atoms with van der Waals surface area (Å²) in [7, 11) is 1.37. The summed E-state index contributed by atoms with van der Waals surface area (Å²) in [5, 5.41) is 9.35. The van der Waals surface area contributed by atoms with Crippen LogP contribution in [0, 0.1) is 11.7 Å². The highest BCUT2D eigenvalue weighted by Crippen LogP contribution is 2.39. The zero-order chi connectivity index (χ0) is 20.4. The lowest BCUT2D eigenvalue weighted by atomic mass is 9.86. The van der Waals surface area contributed by atoms with Gasteiger partial charge in [0, 0.05) is 27.7 Å². The summed E-state index contributed by atoms with van der Waals surface area (Å²) in [6.45, 7) is 1.75. The predicted molar refractivity (Wildman–Crippen MR) is 113 cm³/mol. The van der Waals surface area contributed by atoms with E-state index in [1.165, 1.54) is 30.6 Å². The first-order valence-electron chi connectivity index (χ1n) is 9.31. The minimum atomic E-state index is -0.623. The molecule has 1 atom stereocenters. The van der Waals surface area contributed by atoms with Gasteiger partial charge in [0.2, 0.25) is 0 Å². The van der Waals surface area contributed by atoms with E-state index >= 15 is 0 Å². The van der Waals surface area contributed by atoms with E-state index in [0.29, 0.717) is 21.4 Å². The van der Waals surface area contributed by atoms with Gasteiger partial charge in [-0.1, -0.05) is 22.0 Å². The summed E-state index contributed by atoms with van der Waals surface area (Å²) in [6, 6.07) is 3.79. The van der Waals surface area contributed by atoms with Crippen molar-refractivity contribution in [2.45, 2.75) is 18.9 Å². The van der Waals surface area contributed by atoms with Crippen LogP contribution in [0.3, 0.4) is 0 Å². The molecule has 1 fully saturated rings. The number of amidine groups is 1. The number of rotatable bonds is 4.